The first-order valence-corrected chi connectivity index (χ1v) is 12.9. The number of carbonyl (C=O) groups excluding carboxylic acids is 1. The van der Waals surface area contributed by atoms with E-state index in [0.717, 1.165) is 5.69 Å². The lowest BCUT2D eigenvalue weighted by Crippen LogP contribution is -2.56. The highest BCUT2D eigenvalue weighted by Crippen LogP contribution is 2.33. The molecule has 0 spiro atoms. The zero-order valence-corrected chi connectivity index (χ0v) is 20.7. The fraction of sp³-hybridized carbons (Fsp3) is 0.619. The fourth-order valence-electron chi connectivity index (χ4n) is 4.40. The molecule has 2 aromatic heterocycles. The number of carbonyl (C=O) groups is 1. The van der Waals surface area contributed by atoms with Crippen molar-refractivity contribution in [1.29, 1.82) is 0 Å². The minimum Gasteiger partial charge on any atom is -0.364 e. The molecular weight excluding hydrogens is 444 g/mol. The van der Waals surface area contributed by atoms with Gasteiger partial charge in [0.05, 0.1) is 5.75 Å². The number of rotatable bonds is 9. The van der Waals surface area contributed by atoms with Gasteiger partial charge in [0.25, 0.3) is 5.91 Å². The summed E-state index contributed by atoms with van der Waals surface area (Å²) in [5.74, 6) is 0.742. The topological polar surface area (TPSA) is 150 Å². The van der Waals surface area contributed by atoms with E-state index in [4.69, 9.17) is 5.73 Å². The van der Waals surface area contributed by atoms with Gasteiger partial charge in [-0.2, -0.15) is 14.4 Å². The van der Waals surface area contributed by atoms with Crippen LogP contribution in [0.4, 0.5) is 17.6 Å². The van der Waals surface area contributed by atoms with E-state index in [0.29, 0.717) is 43.3 Å². The Kier molecular flexibility index (Phi) is 7.58. The van der Waals surface area contributed by atoms with Crippen LogP contribution >= 0.6 is 0 Å². The van der Waals surface area contributed by atoms with Crippen LogP contribution in [-0.2, 0) is 10.0 Å². The zero-order chi connectivity index (χ0) is 24.3. The molecule has 0 bridgehead atoms. The van der Waals surface area contributed by atoms with Crippen LogP contribution in [0.25, 0.3) is 0 Å². The second kappa shape index (κ2) is 10.0. The molecule has 0 aliphatic carbocycles. The van der Waals surface area contributed by atoms with Crippen molar-refractivity contribution in [2.24, 2.45) is 5.73 Å². The predicted molar refractivity (Wildman–Crippen MR) is 128 cm³/mol. The first kappa shape index (κ1) is 24.9. The minimum atomic E-state index is -3.31. The number of sulfonamides is 1. The van der Waals surface area contributed by atoms with Crippen molar-refractivity contribution < 1.29 is 13.2 Å². The Morgan fingerprint density at radius 1 is 1.18 bits per heavy atom. The van der Waals surface area contributed by atoms with Crippen molar-refractivity contribution in [3.63, 3.8) is 0 Å². The SMILES string of the molecule is CC[C@@H]1C[C@@H](N(C)c2nc(Nc3cc(C)[nH]n3)cc(C(N)=O)n2)C[C@H](CC)N1S(=O)(=O)CC. The molecule has 1 fully saturated rings. The predicted octanol–water partition coefficient (Wildman–Crippen LogP) is 2.16. The molecule has 1 amide bonds. The molecule has 12 heteroatoms. The van der Waals surface area contributed by atoms with Gasteiger partial charge in [-0.3, -0.25) is 9.89 Å². The largest absolute Gasteiger partial charge is 0.364 e. The summed E-state index contributed by atoms with van der Waals surface area (Å²) in [5, 5.41) is 10.1. The standard InChI is InChI=1S/C21H34N8O3S/c1-6-14-10-16(11-15(7-2)29(14)33(31,32)8-3)28(5)21-23-17(20(22)30)12-18(25-21)24-19-9-13(4)26-27-19/h9,12,14-16H,6-8,10-11H2,1-5H3,(H2,22,30)(H2,23,24,25,26,27)/t14-,15+,16-. The number of amides is 1. The van der Waals surface area contributed by atoms with E-state index in [-0.39, 0.29) is 29.6 Å². The third-order valence-electron chi connectivity index (χ3n) is 6.23. The van der Waals surface area contributed by atoms with Gasteiger partial charge >= 0.3 is 0 Å². The van der Waals surface area contributed by atoms with E-state index >= 15 is 0 Å². The highest BCUT2D eigenvalue weighted by Gasteiger charge is 2.41. The maximum Gasteiger partial charge on any atom is 0.267 e. The van der Waals surface area contributed by atoms with Gasteiger partial charge in [0, 0.05) is 43.0 Å². The molecule has 0 aromatic carbocycles. The summed E-state index contributed by atoms with van der Waals surface area (Å²) in [6.45, 7) is 7.59. The van der Waals surface area contributed by atoms with E-state index in [1.807, 2.05) is 38.8 Å². The van der Waals surface area contributed by atoms with Crippen LogP contribution in [-0.4, -0.2) is 69.7 Å². The average Bonchev–Trinajstić information content (AvgIpc) is 3.21. The number of nitrogens with zero attached hydrogens (tertiary/aromatic N) is 5. The lowest BCUT2D eigenvalue weighted by atomic mass is 9.90. The number of hydrogen-bond acceptors (Lipinski definition) is 8. The second-order valence-corrected chi connectivity index (χ2v) is 10.6. The van der Waals surface area contributed by atoms with Crippen LogP contribution in [0.3, 0.4) is 0 Å². The third kappa shape index (κ3) is 5.44. The molecular formula is C21H34N8O3S. The number of aromatic nitrogens is 4. The van der Waals surface area contributed by atoms with Crippen molar-refractivity contribution in [3.05, 3.63) is 23.5 Å². The van der Waals surface area contributed by atoms with Gasteiger partial charge in [-0.25, -0.2) is 13.4 Å². The molecule has 1 saturated heterocycles. The Morgan fingerprint density at radius 2 is 1.82 bits per heavy atom. The molecule has 4 N–H and O–H groups in total. The molecule has 3 atom stereocenters. The molecule has 3 rings (SSSR count). The molecule has 182 valence electrons. The smallest absolute Gasteiger partial charge is 0.267 e. The van der Waals surface area contributed by atoms with E-state index in [1.54, 1.807) is 11.2 Å². The number of aryl methyl sites for hydroxylation is 1. The highest BCUT2D eigenvalue weighted by atomic mass is 32.2. The summed E-state index contributed by atoms with van der Waals surface area (Å²) >= 11 is 0. The summed E-state index contributed by atoms with van der Waals surface area (Å²) in [4.78, 5) is 22.8. The number of nitrogens with two attached hydrogens (primary N) is 1. The van der Waals surface area contributed by atoms with Crippen LogP contribution in [0.15, 0.2) is 12.1 Å². The summed E-state index contributed by atoms with van der Waals surface area (Å²) in [6, 6.07) is 3.10. The lowest BCUT2D eigenvalue weighted by molar-refractivity contribution is 0.0995. The number of primary amides is 1. The van der Waals surface area contributed by atoms with E-state index in [2.05, 4.69) is 25.5 Å². The van der Waals surface area contributed by atoms with E-state index in [9.17, 15) is 13.2 Å². The maximum absolute atomic E-state index is 12.8. The Morgan fingerprint density at radius 3 is 2.30 bits per heavy atom. The van der Waals surface area contributed by atoms with Crippen molar-refractivity contribution >= 4 is 33.5 Å². The van der Waals surface area contributed by atoms with Gasteiger partial charge in [0.15, 0.2) is 5.82 Å². The van der Waals surface area contributed by atoms with Gasteiger partial charge < -0.3 is 16.0 Å². The van der Waals surface area contributed by atoms with Gasteiger partial charge in [0.2, 0.25) is 16.0 Å². The molecule has 33 heavy (non-hydrogen) atoms. The number of anilines is 3. The Hall–Kier alpha value is -2.73. The van der Waals surface area contributed by atoms with Crippen molar-refractivity contribution in [3.8, 4) is 0 Å². The molecule has 1 aliphatic heterocycles. The normalized spacial score (nSPS) is 21.7. The van der Waals surface area contributed by atoms with Gasteiger partial charge in [0.1, 0.15) is 11.5 Å². The summed E-state index contributed by atoms with van der Waals surface area (Å²) < 4.78 is 27.3. The van der Waals surface area contributed by atoms with E-state index in [1.165, 1.54) is 6.07 Å². The lowest BCUT2D eigenvalue weighted by Gasteiger charge is -2.46. The van der Waals surface area contributed by atoms with Crippen LogP contribution in [0.2, 0.25) is 0 Å². The molecule has 1 aliphatic rings. The van der Waals surface area contributed by atoms with Gasteiger partial charge in [-0.05, 0) is 39.5 Å². The number of nitrogens with one attached hydrogen (secondary N) is 2. The minimum absolute atomic E-state index is 0.00631. The van der Waals surface area contributed by atoms with Crippen LogP contribution < -0.4 is 16.0 Å². The third-order valence-corrected chi connectivity index (χ3v) is 8.20. The van der Waals surface area contributed by atoms with Crippen molar-refractivity contribution in [1.82, 2.24) is 24.5 Å². The fourth-order valence-corrected chi connectivity index (χ4v) is 6.08. The molecule has 11 nitrogen and oxygen atoms in total. The summed E-state index contributed by atoms with van der Waals surface area (Å²) in [5.41, 5.74) is 6.49. The second-order valence-electron chi connectivity index (χ2n) is 8.45. The Labute approximate surface area is 195 Å². The van der Waals surface area contributed by atoms with Crippen molar-refractivity contribution in [2.75, 3.05) is 23.0 Å². The van der Waals surface area contributed by atoms with Crippen molar-refractivity contribution in [2.45, 2.75) is 71.5 Å². The molecule has 0 radical (unpaired) electrons. The number of aromatic amines is 1. The zero-order valence-electron chi connectivity index (χ0n) is 19.9. The van der Waals surface area contributed by atoms with Crippen LogP contribution in [0.5, 0.6) is 0 Å². The molecule has 0 saturated carbocycles. The van der Waals surface area contributed by atoms with Gasteiger partial charge in [-0.1, -0.05) is 13.8 Å². The summed E-state index contributed by atoms with van der Waals surface area (Å²) in [6.07, 6.45) is 2.73. The number of H-pyrrole nitrogens is 1. The first-order valence-electron chi connectivity index (χ1n) is 11.3. The quantitative estimate of drug-likeness (QED) is 0.496. The van der Waals surface area contributed by atoms with Gasteiger partial charge in [-0.15, -0.1) is 0 Å². The van der Waals surface area contributed by atoms with Crippen LogP contribution in [0.1, 0.15) is 62.6 Å². The summed E-state index contributed by atoms with van der Waals surface area (Å²) in [7, 11) is -1.44. The Bertz CT molecular complexity index is 1070. The maximum atomic E-state index is 12.8. The molecule has 3 heterocycles. The van der Waals surface area contributed by atoms with Crippen LogP contribution in [0, 0.1) is 6.92 Å². The average molecular weight is 479 g/mol. The Balaban J connectivity index is 1.91. The van der Waals surface area contributed by atoms with E-state index < -0.39 is 15.9 Å². The highest BCUT2D eigenvalue weighted by molar-refractivity contribution is 7.89. The molecule has 0 unspecified atom stereocenters. The molecule has 2 aromatic rings. The number of hydrogen-bond donors (Lipinski definition) is 3. The monoisotopic (exact) mass is 478 g/mol. The number of piperidine rings is 1. The first-order chi connectivity index (χ1) is 15.6.